The summed E-state index contributed by atoms with van der Waals surface area (Å²) in [5, 5.41) is 11.4. The highest BCUT2D eigenvalue weighted by Crippen LogP contribution is 2.13. The zero-order valence-electron chi connectivity index (χ0n) is 9.46. The van der Waals surface area contributed by atoms with Crippen molar-refractivity contribution in [2.24, 2.45) is 0 Å². The lowest BCUT2D eigenvalue weighted by atomic mass is 10.2. The topological polar surface area (TPSA) is 97.8 Å². The maximum Gasteiger partial charge on any atom is 0.356 e. The number of nitrogens with one attached hydrogen (secondary N) is 1. The van der Waals surface area contributed by atoms with Gasteiger partial charge in [-0.15, -0.1) is 0 Å². The van der Waals surface area contributed by atoms with Gasteiger partial charge < -0.3 is 19.9 Å². The molecule has 1 atom stereocenters. The highest BCUT2D eigenvalue weighted by molar-refractivity contribution is 6.00. The smallest absolute Gasteiger partial charge is 0.356 e. The number of carboxylic acids is 1. The van der Waals surface area contributed by atoms with Crippen LogP contribution in [0.4, 0.5) is 5.69 Å². The molecule has 18 heavy (non-hydrogen) atoms. The van der Waals surface area contributed by atoms with Gasteiger partial charge in [-0.3, -0.25) is 4.79 Å². The molecule has 7 nitrogen and oxygen atoms in total. The standard InChI is InChI=1S/C11H12N2O5/c14-10(8-6-17-4-5-18-8)13-7-2-1-3-12-9(7)11(15)16/h1-3,8H,4-6H2,(H,13,14)(H,15,16). The molecule has 0 aromatic carbocycles. The fourth-order valence-electron chi connectivity index (χ4n) is 1.53. The van der Waals surface area contributed by atoms with Crippen LogP contribution in [0.5, 0.6) is 0 Å². The van der Waals surface area contributed by atoms with E-state index in [4.69, 9.17) is 14.6 Å². The van der Waals surface area contributed by atoms with E-state index in [1.54, 1.807) is 6.07 Å². The minimum absolute atomic E-state index is 0.143. The third-order valence-corrected chi connectivity index (χ3v) is 2.38. The van der Waals surface area contributed by atoms with Gasteiger partial charge in [0, 0.05) is 6.20 Å². The summed E-state index contributed by atoms with van der Waals surface area (Å²) in [7, 11) is 0. The highest BCUT2D eigenvalue weighted by atomic mass is 16.6. The lowest BCUT2D eigenvalue weighted by Gasteiger charge is -2.22. The van der Waals surface area contributed by atoms with Gasteiger partial charge in [0.05, 0.1) is 25.5 Å². The number of amides is 1. The van der Waals surface area contributed by atoms with E-state index in [-0.39, 0.29) is 18.0 Å². The Morgan fingerprint density at radius 1 is 1.44 bits per heavy atom. The van der Waals surface area contributed by atoms with E-state index in [0.717, 1.165) is 0 Å². The molecule has 1 fully saturated rings. The summed E-state index contributed by atoms with van der Waals surface area (Å²) in [6.07, 6.45) is 0.625. The lowest BCUT2D eigenvalue weighted by molar-refractivity contribution is -0.142. The fourth-order valence-corrected chi connectivity index (χ4v) is 1.53. The molecule has 2 heterocycles. The Kier molecular flexibility index (Phi) is 3.85. The van der Waals surface area contributed by atoms with Crippen LogP contribution in [0.2, 0.25) is 0 Å². The number of ether oxygens (including phenoxy) is 2. The average Bonchev–Trinajstić information content (AvgIpc) is 2.40. The monoisotopic (exact) mass is 252 g/mol. The minimum Gasteiger partial charge on any atom is -0.476 e. The van der Waals surface area contributed by atoms with Crippen LogP contribution >= 0.6 is 0 Å². The maximum absolute atomic E-state index is 11.8. The van der Waals surface area contributed by atoms with Crippen LogP contribution in [-0.4, -0.2) is 47.9 Å². The van der Waals surface area contributed by atoms with Crippen molar-refractivity contribution in [3.05, 3.63) is 24.0 Å². The predicted molar refractivity (Wildman–Crippen MR) is 60.4 cm³/mol. The highest BCUT2D eigenvalue weighted by Gasteiger charge is 2.24. The van der Waals surface area contributed by atoms with Gasteiger partial charge in [-0.2, -0.15) is 0 Å². The summed E-state index contributed by atoms with van der Waals surface area (Å²) in [4.78, 5) is 26.4. The molecular formula is C11H12N2O5. The first kappa shape index (κ1) is 12.5. The minimum atomic E-state index is -1.20. The quantitative estimate of drug-likeness (QED) is 0.793. The van der Waals surface area contributed by atoms with Gasteiger partial charge in [-0.05, 0) is 12.1 Å². The molecule has 0 radical (unpaired) electrons. The van der Waals surface area contributed by atoms with Crippen LogP contribution < -0.4 is 5.32 Å². The first-order valence-corrected chi connectivity index (χ1v) is 5.37. The van der Waals surface area contributed by atoms with Crippen molar-refractivity contribution in [2.45, 2.75) is 6.10 Å². The summed E-state index contributed by atoms with van der Waals surface area (Å²) in [5.41, 5.74) is -0.0632. The molecule has 2 rings (SSSR count). The van der Waals surface area contributed by atoms with E-state index >= 15 is 0 Å². The van der Waals surface area contributed by atoms with Crippen molar-refractivity contribution >= 4 is 17.6 Å². The Balaban J connectivity index is 2.08. The molecule has 1 aromatic heterocycles. The van der Waals surface area contributed by atoms with Crippen molar-refractivity contribution in [2.75, 3.05) is 25.1 Å². The van der Waals surface area contributed by atoms with Crippen molar-refractivity contribution in [1.82, 2.24) is 4.98 Å². The van der Waals surface area contributed by atoms with Gasteiger partial charge in [0.1, 0.15) is 0 Å². The van der Waals surface area contributed by atoms with Gasteiger partial charge >= 0.3 is 5.97 Å². The van der Waals surface area contributed by atoms with Gasteiger partial charge in [0.15, 0.2) is 11.8 Å². The number of anilines is 1. The van der Waals surface area contributed by atoms with Gasteiger partial charge in [-0.1, -0.05) is 0 Å². The number of hydrogen-bond acceptors (Lipinski definition) is 5. The van der Waals surface area contributed by atoms with Crippen molar-refractivity contribution < 1.29 is 24.2 Å². The molecule has 0 bridgehead atoms. The molecule has 96 valence electrons. The number of carbonyl (C=O) groups is 2. The van der Waals surface area contributed by atoms with Crippen LogP contribution in [0, 0.1) is 0 Å². The molecule has 1 unspecified atom stereocenters. The van der Waals surface area contributed by atoms with Gasteiger partial charge in [0.2, 0.25) is 0 Å². The molecular weight excluding hydrogens is 240 g/mol. The fraction of sp³-hybridized carbons (Fsp3) is 0.364. The number of hydrogen-bond donors (Lipinski definition) is 2. The van der Waals surface area contributed by atoms with E-state index in [1.165, 1.54) is 12.3 Å². The Labute approximate surface area is 103 Å². The van der Waals surface area contributed by atoms with Crippen molar-refractivity contribution in [3.63, 3.8) is 0 Å². The number of nitrogens with zero attached hydrogens (tertiary/aromatic N) is 1. The van der Waals surface area contributed by atoms with E-state index in [1.807, 2.05) is 0 Å². The summed E-state index contributed by atoms with van der Waals surface area (Å²) in [6, 6.07) is 3.01. The first-order chi connectivity index (χ1) is 8.68. The number of aromatic nitrogens is 1. The molecule has 1 aliphatic rings. The van der Waals surface area contributed by atoms with E-state index in [2.05, 4.69) is 10.3 Å². The number of pyridine rings is 1. The summed E-state index contributed by atoms with van der Waals surface area (Å²) >= 11 is 0. The Bertz CT molecular complexity index is 457. The number of rotatable bonds is 3. The zero-order chi connectivity index (χ0) is 13.0. The molecule has 2 N–H and O–H groups in total. The maximum atomic E-state index is 11.8. The molecule has 0 saturated carbocycles. The second-order valence-electron chi connectivity index (χ2n) is 3.63. The normalized spacial score (nSPS) is 19.2. The Morgan fingerprint density at radius 3 is 2.94 bits per heavy atom. The first-order valence-electron chi connectivity index (χ1n) is 5.37. The van der Waals surface area contributed by atoms with E-state index in [0.29, 0.717) is 13.2 Å². The molecule has 1 saturated heterocycles. The van der Waals surface area contributed by atoms with Gasteiger partial charge in [-0.25, -0.2) is 9.78 Å². The molecule has 0 spiro atoms. The third-order valence-electron chi connectivity index (χ3n) is 2.38. The summed E-state index contributed by atoms with van der Waals surface area (Å²) in [6.45, 7) is 0.961. The second kappa shape index (κ2) is 5.56. The molecule has 7 heteroatoms. The third kappa shape index (κ3) is 2.82. The summed E-state index contributed by atoms with van der Waals surface area (Å²) < 4.78 is 10.3. The molecule has 1 amide bonds. The van der Waals surface area contributed by atoms with E-state index < -0.39 is 18.0 Å². The Morgan fingerprint density at radius 2 is 2.28 bits per heavy atom. The Hall–Kier alpha value is -1.99. The second-order valence-corrected chi connectivity index (χ2v) is 3.63. The SMILES string of the molecule is O=C(O)c1ncccc1NC(=O)C1COCCO1. The van der Waals surface area contributed by atoms with Crippen LogP contribution in [0.25, 0.3) is 0 Å². The largest absolute Gasteiger partial charge is 0.476 e. The summed E-state index contributed by atoms with van der Waals surface area (Å²) in [5.74, 6) is -1.64. The van der Waals surface area contributed by atoms with Crippen LogP contribution in [0.1, 0.15) is 10.5 Å². The number of aromatic carboxylic acids is 1. The molecule has 1 aliphatic heterocycles. The van der Waals surface area contributed by atoms with Crippen LogP contribution in [0.15, 0.2) is 18.3 Å². The number of carbonyl (C=O) groups excluding carboxylic acids is 1. The average molecular weight is 252 g/mol. The van der Waals surface area contributed by atoms with Crippen LogP contribution in [-0.2, 0) is 14.3 Å². The molecule has 1 aromatic rings. The van der Waals surface area contributed by atoms with Crippen molar-refractivity contribution in [1.29, 1.82) is 0 Å². The lowest BCUT2D eigenvalue weighted by Crippen LogP contribution is -2.39. The zero-order valence-corrected chi connectivity index (χ0v) is 9.46. The van der Waals surface area contributed by atoms with E-state index in [9.17, 15) is 9.59 Å². The van der Waals surface area contributed by atoms with Crippen molar-refractivity contribution in [3.8, 4) is 0 Å². The molecule has 0 aliphatic carbocycles. The van der Waals surface area contributed by atoms with Gasteiger partial charge in [0.25, 0.3) is 5.91 Å². The van der Waals surface area contributed by atoms with Crippen LogP contribution in [0.3, 0.4) is 0 Å². The number of carboxylic acid groups (broad SMARTS) is 1. The predicted octanol–water partition coefficient (Wildman–Crippen LogP) is 0.134.